The van der Waals surface area contributed by atoms with E-state index in [9.17, 15) is 13.2 Å². The number of hydrogen-bond donors (Lipinski definition) is 3. The van der Waals surface area contributed by atoms with E-state index in [2.05, 4.69) is 16.0 Å². The number of fused-ring (bicyclic) bond motifs is 1. The maximum Gasteiger partial charge on any atom is 0.315 e. The number of carbonyl (C=O) groups is 1. The van der Waals surface area contributed by atoms with Crippen molar-refractivity contribution in [2.75, 3.05) is 30.4 Å². The lowest BCUT2D eigenvalue weighted by molar-refractivity contribution is 0.248. The first-order chi connectivity index (χ1) is 16.9. The van der Waals surface area contributed by atoms with Gasteiger partial charge in [-0.25, -0.2) is 13.2 Å². The summed E-state index contributed by atoms with van der Waals surface area (Å²) < 4.78 is 32.3. The van der Waals surface area contributed by atoms with Gasteiger partial charge in [-0.1, -0.05) is 30.3 Å². The summed E-state index contributed by atoms with van der Waals surface area (Å²) in [5.74, 6) is 0.753. The second kappa shape index (κ2) is 9.20. The Balaban J connectivity index is 1.53. The van der Waals surface area contributed by atoms with Crippen LogP contribution in [0.1, 0.15) is 5.56 Å². The van der Waals surface area contributed by atoms with E-state index >= 15 is 0 Å². The first-order valence-corrected chi connectivity index (χ1v) is 13.1. The largest absolute Gasteiger partial charge is 0.497 e. The van der Waals surface area contributed by atoms with Gasteiger partial charge >= 0.3 is 6.03 Å². The number of ether oxygens (including phenoxy) is 1. The van der Waals surface area contributed by atoms with Crippen molar-refractivity contribution >= 4 is 44.6 Å². The molecular weight excluding hydrogens is 484 g/mol. The molecule has 0 aromatic heterocycles. The van der Waals surface area contributed by atoms with Gasteiger partial charge in [-0.2, -0.15) is 0 Å². The van der Waals surface area contributed by atoms with Gasteiger partial charge in [0.05, 0.1) is 18.6 Å². The molecule has 2 amide bonds. The molecule has 3 aromatic carbocycles. The Bertz CT molecular complexity index is 1390. The van der Waals surface area contributed by atoms with Crippen LogP contribution in [0.25, 0.3) is 11.1 Å². The van der Waals surface area contributed by atoms with Crippen LogP contribution in [-0.4, -0.2) is 45.1 Å². The van der Waals surface area contributed by atoms with Crippen LogP contribution >= 0.6 is 12.2 Å². The molecular formula is C25H24N4O4S2. The lowest BCUT2D eigenvalue weighted by Crippen LogP contribution is -2.35. The summed E-state index contributed by atoms with van der Waals surface area (Å²) in [4.78, 5) is 13.8. The number of amides is 2. The van der Waals surface area contributed by atoms with E-state index in [1.807, 2.05) is 59.5 Å². The number of sulfone groups is 1. The molecule has 3 aromatic rings. The number of rotatable bonds is 5. The molecule has 1 atom stereocenters. The predicted molar refractivity (Wildman–Crippen MR) is 140 cm³/mol. The van der Waals surface area contributed by atoms with E-state index in [0.717, 1.165) is 28.3 Å². The summed E-state index contributed by atoms with van der Waals surface area (Å²) in [6.07, 6.45) is 0.628. The zero-order valence-corrected chi connectivity index (χ0v) is 20.6. The van der Waals surface area contributed by atoms with Gasteiger partial charge in [0.25, 0.3) is 0 Å². The van der Waals surface area contributed by atoms with Crippen LogP contribution in [0.5, 0.6) is 5.75 Å². The molecule has 5 rings (SSSR count). The highest BCUT2D eigenvalue weighted by molar-refractivity contribution is 7.92. The van der Waals surface area contributed by atoms with Crippen molar-refractivity contribution in [3.63, 3.8) is 0 Å². The summed E-state index contributed by atoms with van der Waals surface area (Å²) >= 11 is 5.71. The van der Waals surface area contributed by atoms with Crippen molar-refractivity contribution in [2.45, 2.75) is 16.7 Å². The Hall–Kier alpha value is -3.63. The second-order valence-corrected chi connectivity index (χ2v) is 10.7. The molecule has 35 heavy (non-hydrogen) atoms. The van der Waals surface area contributed by atoms with Gasteiger partial charge in [0.15, 0.2) is 10.5 Å². The van der Waals surface area contributed by atoms with E-state index in [1.165, 1.54) is 0 Å². The highest BCUT2D eigenvalue weighted by Gasteiger charge is 2.37. The number of thiocarbonyl (C=S) groups is 1. The monoisotopic (exact) mass is 508 g/mol. The topological polar surface area (TPSA) is 99.8 Å². The van der Waals surface area contributed by atoms with Crippen molar-refractivity contribution in [1.82, 2.24) is 10.6 Å². The molecule has 0 aliphatic carbocycles. The quantitative estimate of drug-likeness (QED) is 0.454. The van der Waals surface area contributed by atoms with E-state index in [0.29, 0.717) is 23.6 Å². The maximum atomic E-state index is 13.6. The highest BCUT2D eigenvalue weighted by atomic mass is 32.2. The van der Waals surface area contributed by atoms with Crippen molar-refractivity contribution < 1.29 is 17.9 Å². The molecule has 8 nitrogen and oxygen atoms in total. The molecule has 0 bridgehead atoms. The van der Waals surface area contributed by atoms with Gasteiger partial charge < -0.3 is 25.6 Å². The maximum absolute atomic E-state index is 13.6. The molecule has 2 aliphatic heterocycles. The van der Waals surface area contributed by atoms with Gasteiger partial charge in [0.1, 0.15) is 5.75 Å². The number of methoxy groups -OCH3 is 1. The van der Waals surface area contributed by atoms with Gasteiger partial charge in [-0.15, -0.1) is 0 Å². The number of hydrogen-bond acceptors (Lipinski definition) is 5. The van der Waals surface area contributed by atoms with Crippen molar-refractivity contribution in [2.24, 2.45) is 0 Å². The van der Waals surface area contributed by atoms with Gasteiger partial charge in [0.2, 0.25) is 9.84 Å². The zero-order valence-electron chi connectivity index (χ0n) is 18.9. The minimum absolute atomic E-state index is 0.0223. The van der Waals surface area contributed by atoms with Crippen LogP contribution in [0.3, 0.4) is 0 Å². The standard InChI is InChI=1S/C25H24N4O4S2/c1-33-18-9-7-17(8-10-18)27-25(34)29-14-13-19-20(29)11-12-21(23(19)16-5-3-2-4-6-16)35(31,32)22-15-26-24(30)28-22/h2-12,22H,13-15H2,1H3,(H,27,34)(H2,26,28,30). The summed E-state index contributed by atoms with van der Waals surface area (Å²) in [6.45, 7) is 0.636. The predicted octanol–water partition coefficient (Wildman–Crippen LogP) is 3.53. The SMILES string of the molecule is COc1ccc(NC(=S)N2CCc3c2ccc(S(=O)(=O)C2CNC(=O)N2)c3-c2ccccc2)cc1. The fourth-order valence-corrected chi connectivity index (χ4v) is 6.44. The first kappa shape index (κ1) is 23.1. The summed E-state index contributed by atoms with van der Waals surface area (Å²) in [6, 6.07) is 19.9. The third-order valence-electron chi connectivity index (χ3n) is 6.20. The average molecular weight is 509 g/mol. The lowest BCUT2D eigenvalue weighted by Gasteiger charge is -2.23. The first-order valence-electron chi connectivity index (χ1n) is 11.1. The van der Waals surface area contributed by atoms with Gasteiger partial charge in [-0.05, 0) is 66.2 Å². The Labute approximate surface area is 209 Å². The van der Waals surface area contributed by atoms with Crippen LogP contribution in [0.4, 0.5) is 16.2 Å². The van der Waals surface area contributed by atoms with E-state index in [1.54, 1.807) is 19.2 Å². The van der Waals surface area contributed by atoms with Gasteiger partial charge in [0, 0.05) is 23.5 Å². The van der Waals surface area contributed by atoms with Crippen LogP contribution in [-0.2, 0) is 16.3 Å². The van der Waals surface area contributed by atoms with Crippen molar-refractivity contribution in [3.8, 4) is 16.9 Å². The molecule has 1 saturated heterocycles. The Morgan fingerprint density at radius 2 is 1.83 bits per heavy atom. The smallest absolute Gasteiger partial charge is 0.315 e. The minimum Gasteiger partial charge on any atom is -0.497 e. The molecule has 0 spiro atoms. The van der Waals surface area contributed by atoms with Crippen LogP contribution in [0.15, 0.2) is 71.6 Å². The fraction of sp³-hybridized carbons (Fsp3) is 0.200. The Kier molecular flexibility index (Phi) is 6.08. The molecule has 1 fully saturated rings. The molecule has 0 radical (unpaired) electrons. The third kappa shape index (κ3) is 4.30. The number of benzene rings is 3. The van der Waals surface area contributed by atoms with Crippen molar-refractivity contribution in [1.29, 1.82) is 0 Å². The molecule has 0 saturated carbocycles. The molecule has 10 heteroatoms. The lowest BCUT2D eigenvalue weighted by atomic mass is 9.98. The third-order valence-corrected chi connectivity index (χ3v) is 8.51. The number of nitrogens with one attached hydrogen (secondary N) is 3. The number of nitrogens with zero attached hydrogens (tertiary/aromatic N) is 1. The van der Waals surface area contributed by atoms with Crippen molar-refractivity contribution in [3.05, 3.63) is 72.3 Å². The molecule has 2 heterocycles. The van der Waals surface area contributed by atoms with E-state index in [4.69, 9.17) is 17.0 Å². The highest BCUT2D eigenvalue weighted by Crippen LogP contribution is 2.41. The normalized spacial score (nSPS) is 16.9. The van der Waals surface area contributed by atoms with E-state index < -0.39 is 21.2 Å². The van der Waals surface area contributed by atoms with Crippen LogP contribution < -0.4 is 25.6 Å². The molecule has 180 valence electrons. The van der Waals surface area contributed by atoms with Gasteiger partial charge in [-0.3, -0.25) is 0 Å². The summed E-state index contributed by atoms with van der Waals surface area (Å²) in [7, 11) is -2.22. The average Bonchev–Trinajstić information content (AvgIpc) is 3.51. The number of carbonyl (C=O) groups excluding carboxylic acids is 1. The minimum atomic E-state index is -3.84. The molecule has 3 N–H and O–H groups in total. The summed E-state index contributed by atoms with van der Waals surface area (Å²) in [5.41, 5.74) is 4.06. The second-order valence-electron chi connectivity index (χ2n) is 8.25. The number of urea groups is 1. The Morgan fingerprint density at radius 1 is 1.09 bits per heavy atom. The molecule has 1 unspecified atom stereocenters. The van der Waals surface area contributed by atoms with Crippen LogP contribution in [0, 0.1) is 0 Å². The number of anilines is 2. The Morgan fingerprint density at radius 3 is 2.49 bits per heavy atom. The summed E-state index contributed by atoms with van der Waals surface area (Å²) in [5, 5.41) is 7.81. The fourth-order valence-electron chi connectivity index (χ4n) is 4.47. The van der Waals surface area contributed by atoms with E-state index in [-0.39, 0.29) is 11.4 Å². The zero-order chi connectivity index (χ0) is 24.6. The van der Waals surface area contributed by atoms with Crippen LogP contribution in [0.2, 0.25) is 0 Å². The molecule has 2 aliphatic rings.